The second kappa shape index (κ2) is 6.20. The molecular weight excluding hydrogens is 248 g/mol. The summed E-state index contributed by atoms with van der Waals surface area (Å²) in [5.74, 6) is 0.141. The quantitative estimate of drug-likeness (QED) is 0.466. The predicted octanol–water partition coefficient (Wildman–Crippen LogP) is 4.40. The molecule has 102 valence electrons. The van der Waals surface area contributed by atoms with Crippen LogP contribution in [0.4, 0.5) is 0 Å². The third-order valence-electron chi connectivity index (χ3n) is 3.12. The second-order valence-corrected chi connectivity index (χ2v) is 4.70. The number of rotatable bonds is 4. The Morgan fingerprint density at radius 3 is 2.35 bits per heavy atom. The number of hydrogen-bond acceptors (Lipinski definition) is 2. The number of hydrogen-bond donors (Lipinski definition) is 0. The molecule has 2 heteroatoms. The first-order chi connectivity index (χ1) is 9.61. The van der Waals surface area contributed by atoms with Gasteiger partial charge in [0.15, 0.2) is 0 Å². The Hall–Kier alpha value is -2.35. The van der Waals surface area contributed by atoms with Crippen molar-refractivity contribution in [2.75, 3.05) is 0 Å². The van der Waals surface area contributed by atoms with Crippen molar-refractivity contribution in [2.24, 2.45) is 0 Å². The van der Waals surface area contributed by atoms with Crippen LogP contribution in [0.2, 0.25) is 0 Å². The zero-order valence-electron chi connectivity index (χ0n) is 11.8. The third-order valence-corrected chi connectivity index (χ3v) is 3.12. The summed E-state index contributed by atoms with van der Waals surface area (Å²) in [7, 11) is 0. The molecule has 2 aromatic carbocycles. The van der Waals surface area contributed by atoms with Gasteiger partial charge in [0.2, 0.25) is 0 Å². The first-order valence-corrected chi connectivity index (χ1v) is 6.68. The van der Waals surface area contributed by atoms with Crippen molar-refractivity contribution < 1.29 is 9.53 Å². The molecule has 20 heavy (non-hydrogen) atoms. The van der Waals surface area contributed by atoms with Crippen LogP contribution in [0.5, 0.6) is 5.75 Å². The van der Waals surface area contributed by atoms with Gasteiger partial charge in [0, 0.05) is 5.57 Å². The van der Waals surface area contributed by atoms with E-state index >= 15 is 0 Å². The fraction of sp³-hybridized carbons (Fsp3) is 0.167. The summed E-state index contributed by atoms with van der Waals surface area (Å²) < 4.78 is 5.18. The molecule has 0 aliphatic rings. The van der Waals surface area contributed by atoms with Gasteiger partial charge in [-0.25, -0.2) is 4.79 Å². The smallest absolute Gasteiger partial charge is 0.338 e. The van der Waals surface area contributed by atoms with Gasteiger partial charge >= 0.3 is 5.97 Å². The van der Waals surface area contributed by atoms with Gasteiger partial charge in [-0.15, -0.1) is 0 Å². The highest BCUT2D eigenvalue weighted by Gasteiger charge is 2.06. The van der Waals surface area contributed by atoms with Crippen LogP contribution in [0.25, 0.3) is 11.1 Å². The fourth-order valence-electron chi connectivity index (χ4n) is 2.01. The van der Waals surface area contributed by atoms with E-state index in [4.69, 9.17) is 4.74 Å². The van der Waals surface area contributed by atoms with Gasteiger partial charge in [-0.3, -0.25) is 0 Å². The van der Waals surface area contributed by atoms with Crippen LogP contribution >= 0.6 is 0 Å². The Kier molecular flexibility index (Phi) is 4.36. The minimum atomic E-state index is -0.397. The maximum absolute atomic E-state index is 11.4. The van der Waals surface area contributed by atoms with Crippen LogP contribution in [-0.2, 0) is 11.2 Å². The number of esters is 1. The lowest BCUT2D eigenvalue weighted by Gasteiger charge is -2.09. The molecule has 0 saturated carbocycles. The average molecular weight is 266 g/mol. The largest absolute Gasteiger partial charge is 0.423 e. The number of benzene rings is 2. The van der Waals surface area contributed by atoms with E-state index in [1.54, 1.807) is 6.92 Å². The zero-order chi connectivity index (χ0) is 14.5. The Bertz CT molecular complexity index is 624. The number of ether oxygens (including phenoxy) is 1. The van der Waals surface area contributed by atoms with E-state index in [1.165, 1.54) is 11.1 Å². The monoisotopic (exact) mass is 266 g/mol. The van der Waals surface area contributed by atoms with E-state index in [0.29, 0.717) is 11.3 Å². The molecule has 0 aliphatic carbocycles. The van der Waals surface area contributed by atoms with Crippen molar-refractivity contribution in [2.45, 2.75) is 20.3 Å². The van der Waals surface area contributed by atoms with Crippen LogP contribution in [0, 0.1) is 0 Å². The van der Waals surface area contributed by atoms with Gasteiger partial charge in [0.25, 0.3) is 0 Å². The topological polar surface area (TPSA) is 26.3 Å². The molecule has 0 amide bonds. The highest BCUT2D eigenvalue weighted by atomic mass is 16.5. The Balaban J connectivity index is 2.24. The molecule has 0 heterocycles. The summed E-state index contributed by atoms with van der Waals surface area (Å²) in [4.78, 5) is 11.4. The standard InChI is InChI=1S/C18H18O2/c1-4-14-7-5-6-8-17(14)15-9-11-16(12-10-15)20-18(19)13(2)3/h5-12H,2,4H2,1,3H3. The number of carbonyl (C=O) groups is 1. The summed E-state index contributed by atoms with van der Waals surface area (Å²) in [6.45, 7) is 7.34. The molecule has 0 saturated heterocycles. The van der Waals surface area contributed by atoms with Gasteiger partial charge < -0.3 is 4.74 Å². The molecule has 2 aromatic rings. The molecule has 0 atom stereocenters. The Labute approximate surface area is 119 Å². The molecule has 0 spiro atoms. The summed E-state index contributed by atoms with van der Waals surface area (Å²) >= 11 is 0. The van der Waals surface area contributed by atoms with E-state index in [-0.39, 0.29) is 0 Å². The van der Waals surface area contributed by atoms with E-state index in [0.717, 1.165) is 12.0 Å². The van der Waals surface area contributed by atoms with Gasteiger partial charge in [0.05, 0.1) is 0 Å². The van der Waals surface area contributed by atoms with Gasteiger partial charge in [-0.2, -0.15) is 0 Å². The first kappa shape index (κ1) is 14.1. The molecule has 2 nitrogen and oxygen atoms in total. The Morgan fingerprint density at radius 2 is 1.75 bits per heavy atom. The van der Waals surface area contributed by atoms with Crippen molar-refractivity contribution in [3.63, 3.8) is 0 Å². The zero-order valence-corrected chi connectivity index (χ0v) is 11.8. The van der Waals surface area contributed by atoms with Crippen LogP contribution in [0.3, 0.4) is 0 Å². The van der Waals surface area contributed by atoms with Crippen molar-refractivity contribution in [3.05, 3.63) is 66.2 Å². The molecule has 0 aromatic heterocycles. The maximum atomic E-state index is 11.4. The average Bonchev–Trinajstić information content (AvgIpc) is 2.48. The molecule has 0 fully saturated rings. The minimum Gasteiger partial charge on any atom is -0.423 e. The summed E-state index contributed by atoms with van der Waals surface area (Å²) in [6, 6.07) is 15.9. The predicted molar refractivity (Wildman–Crippen MR) is 81.7 cm³/mol. The molecule has 2 rings (SSSR count). The SMILES string of the molecule is C=C(C)C(=O)Oc1ccc(-c2ccccc2CC)cc1. The van der Waals surface area contributed by atoms with Crippen LogP contribution in [0.15, 0.2) is 60.7 Å². The molecule has 0 radical (unpaired) electrons. The lowest BCUT2D eigenvalue weighted by Crippen LogP contribution is -2.07. The van der Waals surface area contributed by atoms with E-state index in [2.05, 4.69) is 25.6 Å². The Morgan fingerprint density at radius 1 is 1.10 bits per heavy atom. The maximum Gasteiger partial charge on any atom is 0.338 e. The fourth-order valence-corrected chi connectivity index (χ4v) is 2.01. The highest BCUT2D eigenvalue weighted by Crippen LogP contribution is 2.26. The van der Waals surface area contributed by atoms with Gasteiger partial charge in [-0.1, -0.05) is 49.9 Å². The molecule has 0 N–H and O–H groups in total. The lowest BCUT2D eigenvalue weighted by atomic mass is 9.98. The van der Waals surface area contributed by atoms with Crippen molar-refractivity contribution in [1.82, 2.24) is 0 Å². The van der Waals surface area contributed by atoms with Crippen molar-refractivity contribution in [3.8, 4) is 16.9 Å². The molecular formula is C18H18O2. The van der Waals surface area contributed by atoms with Crippen LogP contribution in [0.1, 0.15) is 19.4 Å². The molecule has 0 aliphatic heterocycles. The van der Waals surface area contributed by atoms with Gasteiger partial charge in [-0.05, 0) is 42.2 Å². The molecule has 0 unspecified atom stereocenters. The van der Waals surface area contributed by atoms with Crippen molar-refractivity contribution >= 4 is 5.97 Å². The van der Waals surface area contributed by atoms with E-state index in [1.807, 2.05) is 36.4 Å². The van der Waals surface area contributed by atoms with E-state index in [9.17, 15) is 4.79 Å². The second-order valence-electron chi connectivity index (χ2n) is 4.70. The normalized spacial score (nSPS) is 10.1. The van der Waals surface area contributed by atoms with E-state index < -0.39 is 5.97 Å². The lowest BCUT2D eigenvalue weighted by molar-refractivity contribution is -0.130. The molecule has 0 bridgehead atoms. The first-order valence-electron chi connectivity index (χ1n) is 6.68. The number of carbonyl (C=O) groups excluding carboxylic acids is 1. The summed E-state index contributed by atoms with van der Waals surface area (Å²) in [5.41, 5.74) is 4.04. The summed E-state index contributed by atoms with van der Waals surface area (Å²) in [5, 5.41) is 0. The van der Waals surface area contributed by atoms with Gasteiger partial charge in [0.1, 0.15) is 5.75 Å². The third kappa shape index (κ3) is 3.15. The highest BCUT2D eigenvalue weighted by molar-refractivity contribution is 5.88. The van der Waals surface area contributed by atoms with Crippen LogP contribution in [-0.4, -0.2) is 5.97 Å². The minimum absolute atomic E-state index is 0.394. The number of aryl methyl sites for hydroxylation is 1. The summed E-state index contributed by atoms with van der Waals surface area (Å²) in [6.07, 6.45) is 0.989. The van der Waals surface area contributed by atoms with Crippen molar-refractivity contribution in [1.29, 1.82) is 0 Å². The van der Waals surface area contributed by atoms with Crippen LogP contribution < -0.4 is 4.74 Å².